The van der Waals surface area contributed by atoms with Crippen molar-refractivity contribution in [3.8, 4) is 0 Å². The maximum absolute atomic E-state index is 0. The molecule has 0 saturated heterocycles. The minimum Gasteiger partial charge on any atom is 0 e. The minimum absolute atomic E-state index is 0. The van der Waals surface area contributed by atoms with Crippen molar-refractivity contribution in [2.24, 2.45) is 0 Å². The molecule has 4 radical (unpaired) electrons. The maximum Gasteiger partial charge on any atom is 0 e. The molecule has 0 spiro atoms. The molecule has 0 aromatic heterocycles. The van der Waals surface area contributed by atoms with E-state index in [0.717, 1.165) is 0 Å². The Hall–Kier alpha value is 3.58. The summed E-state index contributed by atoms with van der Waals surface area (Å²) in [6.45, 7) is 0. The number of hydrogen-bond acceptors (Lipinski definition) is 0. The molecule has 0 fully saturated rings. The van der Waals surface area contributed by atoms with Crippen LogP contribution in [0, 0.1) is 0 Å². The van der Waals surface area contributed by atoms with Gasteiger partial charge in [0.05, 0.1) is 0 Å². The molecule has 0 unspecified atom stereocenters. The molecule has 5 heavy (non-hydrogen) atoms. The molecular weight excluding hydrogens is 442 g/mol. The first-order chi connectivity index (χ1) is 0. The molecule has 0 rings (SSSR count). The van der Waals surface area contributed by atoms with Crippen LogP contribution in [0.5, 0.6) is 0 Å². The molecule has 0 aliphatic carbocycles. The van der Waals surface area contributed by atoms with E-state index in [1.165, 1.54) is 0 Å². The van der Waals surface area contributed by atoms with E-state index in [2.05, 4.69) is 0 Å². The van der Waals surface area contributed by atoms with Gasteiger partial charge >= 0.3 is 0 Å². The van der Waals surface area contributed by atoms with Crippen molar-refractivity contribution in [3.05, 3.63) is 0 Å². The molecule has 0 heterocycles. The van der Waals surface area contributed by atoms with Gasteiger partial charge in [-0.15, -0.1) is 0 Å². The van der Waals surface area contributed by atoms with Crippen LogP contribution in [0.1, 0.15) is 0 Å². The molecule has 30 valence electrons. The van der Waals surface area contributed by atoms with E-state index in [0.29, 0.717) is 0 Å². The largest absolute Gasteiger partial charge is 0 e. The van der Waals surface area contributed by atoms with Gasteiger partial charge in [0.1, 0.15) is 0 Å². The van der Waals surface area contributed by atoms with E-state index in [-0.39, 0.29) is 110 Å². The normalized spacial score (nSPS) is 0. The van der Waals surface area contributed by atoms with Gasteiger partial charge in [-0.05, 0) is 0 Å². The number of hydrogen-bond donors (Lipinski definition) is 0. The summed E-state index contributed by atoms with van der Waals surface area (Å²) < 4.78 is 0. The van der Waals surface area contributed by atoms with Gasteiger partial charge in [-0.25, -0.2) is 0 Å². The van der Waals surface area contributed by atoms with E-state index in [1.54, 1.807) is 0 Å². The van der Waals surface area contributed by atoms with E-state index < -0.39 is 0 Å². The fourth-order valence-corrected chi connectivity index (χ4v) is 0. The van der Waals surface area contributed by atoms with E-state index >= 15 is 0 Å². The van der Waals surface area contributed by atoms with Gasteiger partial charge in [-0.1, -0.05) is 0 Å². The van der Waals surface area contributed by atoms with Crippen LogP contribution >= 0.6 is 0 Å². The van der Waals surface area contributed by atoms with Crippen molar-refractivity contribution in [1.29, 1.82) is 0 Å². The van der Waals surface area contributed by atoms with Crippen molar-refractivity contribution < 1.29 is 54.6 Å². The van der Waals surface area contributed by atoms with Crippen LogP contribution in [0.4, 0.5) is 0 Å². The van der Waals surface area contributed by atoms with Gasteiger partial charge in [0.25, 0.3) is 0 Å². The van der Waals surface area contributed by atoms with E-state index in [1.807, 2.05) is 0 Å². The predicted molar refractivity (Wildman–Crippen MR) is 11.5 cm³/mol. The first-order valence-electron chi connectivity index (χ1n) is 0. The van der Waals surface area contributed by atoms with Gasteiger partial charge in [0, 0.05) is 110 Å². The van der Waals surface area contributed by atoms with E-state index in [9.17, 15) is 0 Å². The Balaban J connectivity index is 0. The van der Waals surface area contributed by atoms with Crippen molar-refractivity contribution in [2.45, 2.75) is 0 Å². The molecular formula is BiFeMoNaNi. The monoisotopic (exact) mass is 444 g/mol. The van der Waals surface area contributed by atoms with Crippen LogP contribution < -0.4 is 0 Å². The third-order valence-corrected chi connectivity index (χ3v) is 0. The Labute approximate surface area is 108 Å². The van der Waals surface area contributed by atoms with Gasteiger partial charge in [0.2, 0.25) is 0 Å². The minimum atomic E-state index is 0. The maximum atomic E-state index is 0. The Kier molecular flexibility index (Phi) is 197. The van der Waals surface area contributed by atoms with Gasteiger partial charge in [-0.3, -0.25) is 0 Å². The van der Waals surface area contributed by atoms with Crippen molar-refractivity contribution in [2.75, 3.05) is 0 Å². The summed E-state index contributed by atoms with van der Waals surface area (Å²) in [5, 5.41) is 0. The van der Waals surface area contributed by atoms with Gasteiger partial charge < -0.3 is 0 Å². The average Bonchev–Trinajstić information content (AvgIpc) is 0. The molecule has 0 bridgehead atoms. The van der Waals surface area contributed by atoms with Crippen LogP contribution in [0.3, 0.4) is 0 Å². The number of rotatable bonds is 0. The fraction of sp³-hybridized carbons (Fsp3) is 0. The summed E-state index contributed by atoms with van der Waals surface area (Å²) in [4.78, 5) is 0. The van der Waals surface area contributed by atoms with Gasteiger partial charge in [-0.2, -0.15) is 0 Å². The molecule has 0 atom stereocenters. The molecule has 0 aromatic carbocycles. The van der Waals surface area contributed by atoms with E-state index in [4.69, 9.17) is 0 Å². The molecule has 0 saturated carbocycles. The summed E-state index contributed by atoms with van der Waals surface area (Å²) in [7, 11) is 0. The Morgan fingerprint density at radius 2 is 1.00 bits per heavy atom. The molecule has 0 N–H and O–H groups in total. The zero-order chi connectivity index (χ0) is 0. The third-order valence-electron chi connectivity index (χ3n) is 0. The zero-order valence-electron chi connectivity index (χ0n) is 2.53. The Bertz CT molecular complexity index is 11.6. The Morgan fingerprint density at radius 3 is 1.00 bits per heavy atom. The summed E-state index contributed by atoms with van der Waals surface area (Å²) in [6, 6.07) is 0. The predicted octanol–water partition coefficient (Wildman–Crippen LogP) is -0.769. The summed E-state index contributed by atoms with van der Waals surface area (Å²) in [6.07, 6.45) is 0. The molecule has 5 heteroatoms. The summed E-state index contributed by atoms with van der Waals surface area (Å²) in [5.74, 6) is 0. The zero-order valence-corrected chi connectivity index (χ0v) is 12.1. The van der Waals surface area contributed by atoms with Crippen LogP contribution in [0.2, 0.25) is 0 Å². The SMILES string of the molecule is [Bi].[Fe].[Mo].[Na].[Ni]. The summed E-state index contributed by atoms with van der Waals surface area (Å²) in [5.41, 5.74) is 0. The van der Waals surface area contributed by atoms with Crippen LogP contribution in [-0.2, 0) is 54.6 Å². The quantitative estimate of drug-likeness (QED) is 0.433. The first kappa shape index (κ1) is 38.4. The molecule has 0 aromatic rings. The second-order valence-corrected chi connectivity index (χ2v) is 0. The third kappa shape index (κ3) is 18.4. The molecule has 0 amide bonds. The van der Waals surface area contributed by atoms with Crippen LogP contribution in [-0.4, -0.2) is 55.8 Å². The van der Waals surface area contributed by atoms with Crippen molar-refractivity contribution in [3.63, 3.8) is 0 Å². The second kappa shape index (κ2) is 25.6. The molecule has 0 aliphatic rings. The van der Waals surface area contributed by atoms with Crippen molar-refractivity contribution >= 4 is 55.8 Å². The smallest absolute Gasteiger partial charge is 0 e. The second-order valence-electron chi connectivity index (χ2n) is 0. The fourth-order valence-electron chi connectivity index (χ4n) is 0. The standard InChI is InChI=1S/Bi.Fe.Mo.Na.Ni. The van der Waals surface area contributed by atoms with Crippen molar-refractivity contribution in [1.82, 2.24) is 0 Å². The van der Waals surface area contributed by atoms with Crippen LogP contribution in [0.25, 0.3) is 0 Å². The average molecular weight is 442 g/mol. The van der Waals surface area contributed by atoms with Gasteiger partial charge in [0.15, 0.2) is 0 Å². The first-order valence-corrected chi connectivity index (χ1v) is 0. The molecule has 0 nitrogen and oxygen atoms in total. The molecule has 0 aliphatic heterocycles. The Morgan fingerprint density at radius 1 is 1.00 bits per heavy atom. The topological polar surface area (TPSA) is 0 Å². The van der Waals surface area contributed by atoms with Crippen LogP contribution in [0.15, 0.2) is 0 Å². The summed E-state index contributed by atoms with van der Waals surface area (Å²) >= 11 is 0.